The molecule has 0 aliphatic rings. The van der Waals surface area contributed by atoms with Crippen LogP contribution in [0, 0.1) is 12.8 Å². The average Bonchev–Trinajstić information content (AvgIpc) is 2.66. The highest BCUT2D eigenvalue weighted by molar-refractivity contribution is 5.78. The van der Waals surface area contributed by atoms with Crippen LogP contribution in [0.1, 0.15) is 38.4 Å². The summed E-state index contributed by atoms with van der Waals surface area (Å²) >= 11 is 0. The first kappa shape index (κ1) is 12.7. The summed E-state index contributed by atoms with van der Waals surface area (Å²) in [4.78, 5) is 15.7. The Bertz CT molecular complexity index is 332. The Morgan fingerprint density at radius 2 is 2.12 bits per heavy atom. The summed E-state index contributed by atoms with van der Waals surface area (Å²) in [6.07, 6.45) is 2.37. The van der Waals surface area contributed by atoms with E-state index in [0.29, 0.717) is 24.7 Å². The zero-order valence-corrected chi connectivity index (χ0v) is 10.1. The van der Waals surface area contributed by atoms with Crippen LogP contribution in [0.4, 0.5) is 0 Å². The fourth-order valence-corrected chi connectivity index (χ4v) is 1.54. The molecule has 0 fully saturated rings. The van der Waals surface area contributed by atoms with E-state index in [4.69, 9.17) is 4.52 Å². The van der Waals surface area contributed by atoms with Crippen molar-refractivity contribution in [3.8, 4) is 0 Å². The first-order valence-electron chi connectivity index (χ1n) is 5.74. The fraction of sp³-hybridized carbons (Fsp3) is 0.727. The highest BCUT2D eigenvalue weighted by Gasteiger charge is 2.13. The first-order chi connectivity index (χ1) is 7.67. The summed E-state index contributed by atoms with van der Waals surface area (Å²) in [5.41, 5.74) is 0. The zero-order valence-electron chi connectivity index (χ0n) is 10.1. The molecule has 1 N–H and O–H groups in total. The molecule has 0 saturated heterocycles. The van der Waals surface area contributed by atoms with Gasteiger partial charge in [-0.3, -0.25) is 4.79 Å². The number of hydrogen-bond donors (Lipinski definition) is 1. The van der Waals surface area contributed by atoms with Gasteiger partial charge < -0.3 is 9.84 Å². The van der Waals surface area contributed by atoms with E-state index in [0.717, 1.165) is 12.8 Å². The van der Waals surface area contributed by atoms with Gasteiger partial charge in [-0.1, -0.05) is 19.0 Å². The van der Waals surface area contributed by atoms with Crippen molar-refractivity contribution in [3.63, 3.8) is 0 Å². The molecule has 5 nitrogen and oxygen atoms in total. The van der Waals surface area contributed by atoms with Crippen LogP contribution in [0.2, 0.25) is 0 Å². The predicted octanol–water partition coefficient (Wildman–Crippen LogP) is 1.47. The van der Waals surface area contributed by atoms with Crippen molar-refractivity contribution in [1.82, 2.24) is 15.5 Å². The van der Waals surface area contributed by atoms with Crippen molar-refractivity contribution < 1.29 is 9.32 Å². The molecule has 90 valence electrons. The van der Waals surface area contributed by atoms with Crippen molar-refractivity contribution in [2.45, 2.75) is 40.0 Å². The molecular formula is C11H19N3O2. The monoisotopic (exact) mass is 225 g/mol. The molecule has 0 saturated carbocycles. The van der Waals surface area contributed by atoms with Gasteiger partial charge >= 0.3 is 0 Å². The van der Waals surface area contributed by atoms with E-state index in [-0.39, 0.29) is 11.8 Å². The molecule has 1 rings (SSSR count). The summed E-state index contributed by atoms with van der Waals surface area (Å²) in [5.74, 6) is 1.43. The van der Waals surface area contributed by atoms with Crippen molar-refractivity contribution in [2.75, 3.05) is 6.54 Å². The second-order valence-corrected chi connectivity index (χ2v) is 3.78. The lowest BCUT2D eigenvalue weighted by atomic mass is 10.0. The minimum Gasteiger partial charge on any atom is -0.355 e. The molecule has 16 heavy (non-hydrogen) atoms. The molecule has 0 aliphatic heterocycles. The van der Waals surface area contributed by atoms with Crippen molar-refractivity contribution >= 4 is 5.91 Å². The summed E-state index contributed by atoms with van der Waals surface area (Å²) < 4.78 is 4.84. The first-order valence-corrected chi connectivity index (χ1v) is 5.74. The fourth-order valence-electron chi connectivity index (χ4n) is 1.54. The second-order valence-electron chi connectivity index (χ2n) is 3.78. The molecule has 1 heterocycles. The SMILES string of the molecule is CCC(CC)C(=O)NCCc1noc(C)n1. The van der Waals surface area contributed by atoms with Gasteiger partial charge in [0.2, 0.25) is 11.8 Å². The van der Waals surface area contributed by atoms with Gasteiger partial charge in [-0.15, -0.1) is 0 Å². The van der Waals surface area contributed by atoms with Gasteiger partial charge in [-0.2, -0.15) is 4.98 Å². The summed E-state index contributed by atoms with van der Waals surface area (Å²) in [7, 11) is 0. The summed E-state index contributed by atoms with van der Waals surface area (Å²) in [6, 6.07) is 0. The summed E-state index contributed by atoms with van der Waals surface area (Å²) in [5, 5.41) is 6.64. The van der Waals surface area contributed by atoms with Crippen LogP contribution in [0.5, 0.6) is 0 Å². The van der Waals surface area contributed by atoms with Crippen LogP contribution in [-0.2, 0) is 11.2 Å². The number of hydrogen-bond acceptors (Lipinski definition) is 4. The van der Waals surface area contributed by atoms with Crippen LogP contribution in [-0.4, -0.2) is 22.6 Å². The number of nitrogens with zero attached hydrogens (tertiary/aromatic N) is 2. The molecule has 1 amide bonds. The van der Waals surface area contributed by atoms with Gasteiger partial charge in [0.1, 0.15) is 0 Å². The van der Waals surface area contributed by atoms with E-state index in [1.807, 2.05) is 13.8 Å². The van der Waals surface area contributed by atoms with E-state index >= 15 is 0 Å². The van der Waals surface area contributed by atoms with E-state index in [2.05, 4.69) is 15.5 Å². The van der Waals surface area contributed by atoms with Gasteiger partial charge in [0, 0.05) is 25.8 Å². The average molecular weight is 225 g/mol. The third kappa shape index (κ3) is 3.64. The van der Waals surface area contributed by atoms with E-state index in [9.17, 15) is 4.79 Å². The van der Waals surface area contributed by atoms with Crippen LogP contribution in [0.15, 0.2) is 4.52 Å². The van der Waals surface area contributed by atoms with E-state index in [1.165, 1.54) is 0 Å². The minimum atomic E-state index is 0.116. The number of carbonyl (C=O) groups excluding carboxylic acids is 1. The number of carbonyl (C=O) groups is 1. The van der Waals surface area contributed by atoms with Crippen LogP contribution in [0.25, 0.3) is 0 Å². The van der Waals surface area contributed by atoms with Gasteiger partial charge in [0.15, 0.2) is 5.82 Å². The smallest absolute Gasteiger partial charge is 0.223 e. The molecule has 5 heteroatoms. The van der Waals surface area contributed by atoms with Crippen LogP contribution < -0.4 is 5.32 Å². The Kier molecular flexibility index (Phi) is 4.95. The third-order valence-corrected chi connectivity index (χ3v) is 2.57. The standard InChI is InChI=1S/C11H19N3O2/c1-4-9(5-2)11(15)12-7-6-10-13-8(3)16-14-10/h9H,4-7H2,1-3H3,(H,12,15). The third-order valence-electron chi connectivity index (χ3n) is 2.57. The molecule has 0 bridgehead atoms. The molecule has 1 aromatic heterocycles. The van der Waals surface area contributed by atoms with Gasteiger partial charge in [-0.25, -0.2) is 0 Å². The molecule has 0 spiro atoms. The minimum absolute atomic E-state index is 0.116. The Morgan fingerprint density at radius 1 is 1.44 bits per heavy atom. The quantitative estimate of drug-likeness (QED) is 0.796. The van der Waals surface area contributed by atoms with E-state index in [1.54, 1.807) is 6.92 Å². The lowest BCUT2D eigenvalue weighted by Crippen LogP contribution is -2.31. The predicted molar refractivity (Wildman–Crippen MR) is 59.8 cm³/mol. The zero-order chi connectivity index (χ0) is 12.0. The lowest BCUT2D eigenvalue weighted by molar-refractivity contribution is -0.125. The van der Waals surface area contributed by atoms with Crippen molar-refractivity contribution in [2.24, 2.45) is 5.92 Å². The molecule has 0 radical (unpaired) electrons. The van der Waals surface area contributed by atoms with Gasteiger partial charge in [0.05, 0.1) is 0 Å². The van der Waals surface area contributed by atoms with Crippen molar-refractivity contribution in [1.29, 1.82) is 0 Å². The number of amides is 1. The molecule has 0 unspecified atom stereocenters. The maximum Gasteiger partial charge on any atom is 0.223 e. The molecular weight excluding hydrogens is 206 g/mol. The molecule has 0 aliphatic carbocycles. The number of aromatic nitrogens is 2. The van der Waals surface area contributed by atoms with Gasteiger partial charge in [0.25, 0.3) is 0 Å². The Morgan fingerprint density at radius 3 is 2.62 bits per heavy atom. The lowest BCUT2D eigenvalue weighted by Gasteiger charge is -2.11. The van der Waals surface area contributed by atoms with E-state index < -0.39 is 0 Å². The molecule has 0 atom stereocenters. The number of aryl methyl sites for hydroxylation is 1. The largest absolute Gasteiger partial charge is 0.355 e. The topological polar surface area (TPSA) is 68.0 Å². The highest BCUT2D eigenvalue weighted by atomic mass is 16.5. The number of nitrogens with one attached hydrogen (secondary N) is 1. The summed E-state index contributed by atoms with van der Waals surface area (Å²) in [6.45, 7) is 6.36. The highest BCUT2D eigenvalue weighted by Crippen LogP contribution is 2.06. The maximum absolute atomic E-state index is 11.6. The van der Waals surface area contributed by atoms with Gasteiger partial charge in [-0.05, 0) is 12.8 Å². The number of rotatable bonds is 6. The maximum atomic E-state index is 11.6. The normalized spacial score (nSPS) is 10.8. The Balaban J connectivity index is 2.27. The van der Waals surface area contributed by atoms with Crippen molar-refractivity contribution in [3.05, 3.63) is 11.7 Å². The molecule has 1 aromatic rings. The second kappa shape index (κ2) is 6.25. The molecule has 0 aromatic carbocycles. The van der Waals surface area contributed by atoms with Crippen LogP contribution in [0.3, 0.4) is 0 Å². The Hall–Kier alpha value is -1.39. The Labute approximate surface area is 95.6 Å². The van der Waals surface area contributed by atoms with Crippen LogP contribution >= 0.6 is 0 Å².